The van der Waals surface area contributed by atoms with Crippen LogP contribution in [0, 0.1) is 5.41 Å². The topological polar surface area (TPSA) is 120 Å². The summed E-state index contributed by atoms with van der Waals surface area (Å²) in [6, 6.07) is 12.7. The average Bonchev–Trinajstić information content (AvgIpc) is 3.34. The molecule has 1 aliphatic heterocycles. The summed E-state index contributed by atoms with van der Waals surface area (Å²) in [5, 5.41) is 9.91. The number of fused-ring (bicyclic) bond motifs is 1. The van der Waals surface area contributed by atoms with Crippen LogP contribution in [0.25, 0.3) is 0 Å². The molecule has 34 heavy (non-hydrogen) atoms. The number of nitrogens with one attached hydrogen (secondary N) is 1. The van der Waals surface area contributed by atoms with Gasteiger partial charge in [0.15, 0.2) is 16.1 Å². The van der Waals surface area contributed by atoms with Gasteiger partial charge >= 0.3 is 0 Å². The van der Waals surface area contributed by atoms with Crippen molar-refractivity contribution in [3.63, 3.8) is 0 Å². The fourth-order valence-electron chi connectivity index (χ4n) is 4.39. The second-order valence-electron chi connectivity index (χ2n) is 8.35. The van der Waals surface area contributed by atoms with E-state index in [4.69, 9.17) is 30.5 Å². The van der Waals surface area contributed by atoms with Crippen LogP contribution < -0.4 is 10.2 Å². The summed E-state index contributed by atoms with van der Waals surface area (Å²) in [4.78, 5) is 12.7. The number of amides is 1. The van der Waals surface area contributed by atoms with Gasteiger partial charge in [0.25, 0.3) is 5.91 Å². The van der Waals surface area contributed by atoms with E-state index in [1.54, 1.807) is 29.7 Å². The maximum absolute atomic E-state index is 13.2. The minimum Gasteiger partial charge on any atom is -0.457 e. The van der Waals surface area contributed by atoms with Crippen molar-refractivity contribution in [1.82, 2.24) is 5.48 Å². The van der Waals surface area contributed by atoms with Crippen LogP contribution in [0.3, 0.4) is 0 Å². The second-order valence-corrected chi connectivity index (χ2v) is 10.8. The van der Waals surface area contributed by atoms with Crippen LogP contribution in [0.1, 0.15) is 19.8 Å². The molecule has 0 radical (unpaired) electrons. The summed E-state index contributed by atoms with van der Waals surface area (Å²) in [5.74, 6) is -0.276. The lowest BCUT2D eigenvalue weighted by Crippen LogP contribution is -2.44. The molecule has 4 rings (SSSR count). The van der Waals surface area contributed by atoms with Gasteiger partial charge in [0.2, 0.25) is 0 Å². The van der Waals surface area contributed by atoms with Crippen molar-refractivity contribution < 1.29 is 37.4 Å². The largest absolute Gasteiger partial charge is 0.457 e. The first-order valence-electron chi connectivity index (χ1n) is 10.8. The fourth-order valence-corrected chi connectivity index (χ4v) is 6.33. The van der Waals surface area contributed by atoms with Gasteiger partial charge in [0.05, 0.1) is 34.9 Å². The van der Waals surface area contributed by atoms with E-state index in [1.807, 2.05) is 6.92 Å². The Morgan fingerprint density at radius 3 is 2.18 bits per heavy atom. The number of hydrogen-bond donors (Lipinski definition) is 2. The highest BCUT2D eigenvalue weighted by Crippen LogP contribution is 2.47. The summed E-state index contributed by atoms with van der Waals surface area (Å²) in [7, 11) is -3.89. The predicted octanol–water partition coefficient (Wildman–Crippen LogP) is 3.34. The molecule has 1 saturated carbocycles. The molecule has 2 aliphatic rings. The molecule has 0 aromatic heterocycles. The minimum atomic E-state index is -3.89. The van der Waals surface area contributed by atoms with Crippen molar-refractivity contribution in [3.05, 3.63) is 53.6 Å². The third-order valence-corrected chi connectivity index (χ3v) is 8.17. The van der Waals surface area contributed by atoms with Crippen molar-refractivity contribution >= 4 is 27.3 Å². The number of sulfone groups is 1. The number of benzene rings is 2. The number of carbonyl (C=O) groups excluding carboxylic acids is 1. The zero-order valence-corrected chi connectivity index (χ0v) is 20.0. The lowest BCUT2D eigenvalue weighted by Gasteiger charge is -2.27. The number of carbonyl (C=O) groups is 1. The number of halogens is 1. The lowest BCUT2D eigenvalue weighted by atomic mass is 9.87. The van der Waals surface area contributed by atoms with Gasteiger partial charge < -0.3 is 18.9 Å². The summed E-state index contributed by atoms with van der Waals surface area (Å²) in [6.45, 7) is 2.62. The first-order chi connectivity index (χ1) is 16.2. The molecule has 2 aromatic rings. The van der Waals surface area contributed by atoms with Gasteiger partial charge in [0, 0.05) is 11.6 Å². The molecule has 0 bridgehead atoms. The molecule has 2 N–H and O–H groups in total. The maximum atomic E-state index is 13.2. The molecule has 184 valence electrons. The molecule has 11 heteroatoms. The Hall–Kier alpha value is -2.21. The Morgan fingerprint density at radius 1 is 1.09 bits per heavy atom. The molecular formula is C23H26ClNO8S. The Labute approximate surface area is 202 Å². The lowest BCUT2D eigenvalue weighted by molar-refractivity contribution is -0.146. The molecular weight excluding hydrogens is 486 g/mol. The first kappa shape index (κ1) is 24.9. The van der Waals surface area contributed by atoms with Gasteiger partial charge in [0.1, 0.15) is 11.5 Å². The van der Waals surface area contributed by atoms with E-state index in [-0.39, 0.29) is 24.3 Å². The van der Waals surface area contributed by atoms with Crippen molar-refractivity contribution in [2.75, 3.05) is 19.0 Å². The zero-order chi connectivity index (χ0) is 24.3. The molecule has 2 unspecified atom stereocenters. The molecule has 1 heterocycles. The summed E-state index contributed by atoms with van der Waals surface area (Å²) >= 11 is 5.87. The second kappa shape index (κ2) is 10.2. The summed E-state index contributed by atoms with van der Waals surface area (Å²) in [6.07, 6.45) is -1.29. The smallest absolute Gasteiger partial charge is 0.250 e. The fraction of sp³-hybridized carbons (Fsp3) is 0.435. The molecule has 2 atom stereocenters. The monoisotopic (exact) mass is 511 g/mol. The van der Waals surface area contributed by atoms with Gasteiger partial charge in [-0.3, -0.25) is 10.0 Å². The van der Waals surface area contributed by atoms with Gasteiger partial charge in [-0.15, -0.1) is 0 Å². The van der Waals surface area contributed by atoms with E-state index in [1.165, 1.54) is 24.3 Å². The van der Waals surface area contributed by atoms with Crippen LogP contribution in [0.5, 0.6) is 11.5 Å². The van der Waals surface area contributed by atoms with Crippen LogP contribution in [0.2, 0.25) is 5.02 Å². The highest BCUT2D eigenvalue weighted by Gasteiger charge is 2.57. The third kappa shape index (κ3) is 5.37. The van der Waals surface area contributed by atoms with Crippen LogP contribution >= 0.6 is 11.6 Å². The first-order valence-corrected chi connectivity index (χ1v) is 12.9. The highest BCUT2D eigenvalue weighted by molar-refractivity contribution is 7.91. The number of rotatable bonds is 9. The molecule has 1 amide bonds. The standard InChI is InChI=1S/C23H26ClNO8S/c1-2-30-13-21-32-19-11-23(22(26)25-27,12-20(19)33-21)14-34(28,29)18-9-7-17(8-10-18)31-16-5-3-15(24)4-6-16/h3-10,19-21,27H,2,11-14H2,1H3,(H,25,26). The van der Waals surface area contributed by atoms with E-state index in [9.17, 15) is 18.4 Å². The molecule has 2 fully saturated rings. The quantitative estimate of drug-likeness (QED) is 0.388. The minimum absolute atomic E-state index is 0.0363. The van der Waals surface area contributed by atoms with E-state index < -0.39 is 45.4 Å². The van der Waals surface area contributed by atoms with Crippen LogP contribution in [0.15, 0.2) is 53.4 Å². The van der Waals surface area contributed by atoms with Gasteiger partial charge in [-0.05, 0) is 68.3 Å². The molecule has 1 saturated heterocycles. The van der Waals surface area contributed by atoms with Crippen molar-refractivity contribution in [3.8, 4) is 11.5 Å². The van der Waals surface area contributed by atoms with Gasteiger partial charge in [-0.25, -0.2) is 13.9 Å². The molecule has 0 spiro atoms. The van der Waals surface area contributed by atoms with Gasteiger partial charge in [-0.1, -0.05) is 11.6 Å². The Balaban J connectivity index is 1.47. The van der Waals surface area contributed by atoms with E-state index in [2.05, 4.69) is 0 Å². The van der Waals surface area contributed by atoms with Crippen LogP contribution in [-0.4, -0.2) is 57.0 Å². The van der Waals surface area contributed by atoms with Crippen molar-refractivity contribution in [1.29, 1.82) is 0 Å². The molecule has 2 aromatic carbocycles. The molecule has 9 nitrogen and oxygen atoms in total. The summed E-state index contributed by atoms with van der Waals surface area (Å²) < 4.78 is 49.1. The van der Waals surface area contributed by atoms with E-state index in [0.717, 1.165) is 0 Å². The van der Waals surface area contributed by atoms with Crippen LogP contribution in [-0.2, 0) is 28.8 Å². The summed E-state index contributed by atoms with van der Waals surface area (Å²) in [5.41, 5.74) is 0.237. The predicted molar refractivity (Wildman–Crippen MR) is 122 cm³/mol. The van der Waals surface area contributed by atoms with Gasteiger partial charge in [-0.2, -0.15) is 0 Å². The third-order valence-electron chi connectivity index (χ3n) is 5.99. The zero-order valence-electron chi connectivity index (χ0n) is 18.5. The van der Waals surface area contributed by atoms with Crippen LogP contribution in [0.4, 0.5) is 0 Å². The van der Waals surface area contributed by atoms with Crippen molar-refractivity contribution in [2.24, 2.45) is 5.41 Å². The maximum Gasteiger partial charge on any atom is 0.250 e. The number of hydrogen-bond acceptors (Lipinski definition) is 8. The Morgan fingerprint density at radius 2 is 1.65 bits per heavy atom. The normalized spacial score (nSPS) is 26.3. The number of ether oxygens (including phenoxy) is 4. The number of hydroxylamine groups is 1. The Kier molecular flexibility index (Phi) is 7.46. The highest BCUT2D eigenvalue weighted by atomic mass is 35.5. The molecule has 1 aliphatic carbocycles. The van der Waals surface area contributed by atoms with E-state index >= 15 is 0 Å². The Bertz CT molecular complexity index is 1090. The SMILES string of the molecule is CCOCC1OC2CC(CS(=O)(=O)c3ccc(Oc4ccc(Cl)cc4)cc3)(C(=O)NO)CC2O1. The van der Waals surface area contributed by atoms with E-state index in [0.29, 0.717) is 23.1 Å². The van der Waals surface area contributed by atoms with Crippen molar-refractivity contribution in [2.45, 2.75) is 43.2 Å². The average molecular weight is 512 g/mol.